The van der Waals surface area contributed by atoms with Crippen molar-refractivity contribution in [2.24, 2.45) is 46.3 Å². The minimum Gasteiger partial charge on any atom is -0.469 e. The normalized spacial score (nSPS) is 45.1. The third kappa shape index (κ3) is 3.74. The molecular weight excluding hydrogens is 392 g/mol. The zero-order chi connectivity index (χ0) is 22.4. The molecule has 0 unspecified atom stereocenters. The molecule has 0 spiro atoms. The molecule has 0 saturated heterocycles. The summed E-state index contributed by atoms with van der Waals surface area (Å²) >= 11 is 0. The SMILES string of the molecule is COC(=O)CC[C@H](C)[C@H]1CC[C@H]2[C@@H]3CC(=O)[C@@H]4C[C@@H](OC=O)CC[C@]4(C)[C@H]3CC[C@]12C. The molecule has 0 N–H and O–H groups in total. The number of ether oxygens (including phenoxy) is 2. The molecule has 174 valence electrons. The molecule has 0 heterocycles. The summed E-state index contributed by atoms with van der Waals surface area (Å²) in [4.78, 5) is 35.9. The summed E-state index contributed by atoms with van der Waals surface area (Å²) in [7, 11) is 1.47. The van der Waals surface area contributed by atoms with Crippen LogP contribution < -0.4 is 0 Å². The largest absolute Gasteiger partial charge is 0.469 e. The van der Waals surface area contributed by atoms with Crippen LogP contribution in [-0.2, 0) is 23.9 Å². The number of esters is 1. The Hall–Kier alpha value is -1.39. The van der Waals surface area contributed by atoms with Crippen LogP contribution in [0.1, 0.15) is 85.0 Å². The molecular formula is C26H40O5. The van der Waals surface area contributed by atoms with Crippen molar-refractivity contribution in [3.05, 3.63) is 0 Å². The molecule has 9 atom stereocenters. The molecule has 0 amide bonds. The number of hydrogen-bond donors (Lipinski definition) is 0. The Kier molecular flexibility index (Phi) is 6.26. The van der Waals surface area contributed by atoms with Crippen LogP contribution in [0.15, 0.2) is 0 Å². The third-order valence-electron chi connectivity index (χ3n) is 10.4. The summed E-state index contributed by atoms with van der Waals surface area (Å²) in [6.07, 6.45) is 9.49. The summed E-state index contributed by atoms with van der Waals surface area (Å²) in [6, 6.07) is 0. The van der Waals surface area contributed by atoms with Crippen molar-refractivity contribution in [3.8, 4) is 0 Å². The Bertz CT molecular complexity index is 719. The Morgan fingerprint density at radius 2 is 1.84 bits per heavy atom. The van der Waals surface area contributed by atoms with Crippen LogP contribution in [0.3, 0.4) is 0 Å². The second kappa shape index (κ2) is 8.51. The van der Waals surface area contributed by atoms with Crippen LogP contribution in [-0.4, -0.2) is 31.4 Å². The van der Waals surface area contributed by atoms with E-state index >= 15 is 0 Å². The van der Waals surface area contributed by atoms with Crippen molar-refractivity contribution in [2.75, 3.05) is 7.11 Å². The van der Waals surface area contributed by atoms with E-state index in [-0.39, 0.29) is 28.8 Å². The summed E-state index contributed by atoms with van der Waals surface area (Å²) in [6.45, 7) is 7.70. The first-order valence-electron chi connectivity index (χ1n) is 12.4. The first kappa shape index (κ1) is 22.8. The van der Waals surface area contributed by atoms with Crippen LogP contribution in [0.2, 0.25) is 0 Å². The predicted molar refractivity (Wildman–Crippen MR) is 117 cm³/mol. The lowest BCUT2D eigenvalue weighted by Gasteiger charge is -2.60. The highest BCUT2D eigenvalue weighted by molar-refractivity contribution is 5.83. The van der Waals surface area contributed by atoms with E-state index in [9.17, 15) is 14.4 Å². The molecule has 0 bridgehead atoms. The quantitative estimate of drug-likeness (QED) is 0.438. The van der Waals surface area contributed by atoms with Crippen LogP contribution in [0, 0.1) is 46.3 Å². The van der Waals surface area contributed by atoms with Crippen molar-refractivity contribution < 1.29 is 23.9 Å². The lowest BCUT2D eigenvalue weighted by Crippen LogP contribution is -2.57. The van der Waals surface area contributed by atoms with E-state index in [1.165, 1.54) is 32.8 Å². The minimum absolute atomic E-state index is 0.0491. The number of Topliss-reactive ketones (excluding diaryl/α,β-unsaturated/α-hetero) is 1. The number of ketones is 1. The van der Waals surface area contributed by atoms with Gasteiger partial charge in [0.15, 0.2) is 0 Å². The molecule has 0 aromatic carbocycles. The molecule has 0 radical (unpaired) electrons. The molecule has 4 aliphatic carbocycles. The second-order valence-electron chi connectivity index (χ2n) is 11.6. The Morgan fingerprint density at radius 3 is 2.55 bits per heavy atom. The van der Waals surface area contributed by atoms with E-state index in [0.29, 0.717) is 61.1 Å². The van der Waals surface area contributed by atoms with Crippen molar-refractivity contribution in [2.45, 2.75) is 91.1 Å². The van der Waals surface area contributed by atoms with Crippen LogP contribution in [0.25, 0.3) is 0 Å². The van der Waals surface area contributed by atoms with Gasteiger partial charge in [0.25, 0.3) is 6.47 Å². The van der Waals surface area contributed by atoms with Crippen LogP contribution in [0.5, 0.6) is 0 Å². The molecule has 4 rings (SSSR count). The van der Waals surface area contributed by atoms with Gasteiger partial charge in [0.1, 0.15) is 11.9 Å². The average Bonchev–Trinajstić information content (AvgIpc) is 3.10. The first-order chi connectivity index (χ1) is 14.7. The fourth-order valence-corrected chi connectivity index (χ4v) is 8.83. The van der Waals surface area contributed by atoms with Gasteiger partial charge in [0.2, 0.25) is 0 Å². The molecule has 4 saturated carbocycles. The van der Waals surface area contributed by atoms with Gasteiger partial charge < -0.3 is 9.47 Å². The van der Waals surface area contributed by atoms with E-state index < -0.39 is 0 Å². The lowest BCUT2D eigenvalue weighted by atomic mass is 9.44. The topological polar surface area (TPSA) is 69.7 Å². The maximum Gasteiger partial charge on any atom is 0.305 e. The fourth-order valence-electron chi connectivity index (χ4n) is 8.83. The average molecular weight is 433 g/mol. The van der Waals surface area contributed by atoms with Crippen LogP contribution >= 0.6 is 0 Å². The molecule has 4 aliphatic rings. The zero-order valence-corrected chi connectivity index (χ0v) is 19.7. The van der Waals surface area contributed by atoms with E-state index in [2.05, 4.69) is 20.8 Å². The zero-order valence-electron chi connectivity index (χ0n) is 19.7. The summed E-state index contributed by atoms with van der Waals surface area (Å²) < 4.78 is 10.1. The minimum atomic E-state index is -0.110. The molecule has 5 nitrogen and oxygen atoms in total. The molecule has 0 aliphatic heterocycles. The number of carbonyl (C=O) groups excluding carboxylic acids is 3. The van der Waals surface area contributed by atoms with Crippen molar-refractivity contribution in [1.29, 1.82) is 0 Å². The van der Waals surface area contributed by atoms with Gasteiger partial charge in [-0.3, -0.25) is 14.4 Å². The first-order valence-corrected chi connectivity index (χ1v) is 12.4. The molecule has 0 aromatic rings. The van der Waals surface area contributed by atoms with Gasteiger partial charge in [-0.1, -0.05) is 20.8 Å². The van der Waals surface area contributed by atoms with Crippen molar-refractivity contribution in [3.63, 3.8) is 0 Å². The molecule has 31 heavy (non-hydrogen) atoms. The van der Waals surface area contributed by atoms with Gasteiger partial charge in [-0.25, -0.2) is 0 Å². The van der Waals surface area contributed by atoms with E-state index in [0.717, 1.165) is 19.3 Å². The lowest BCUT2D eigenvalue weighted by molar-refractivity contribution is -0.165. The highest BCUT2D eigenvalue weighted by Gasteiger charge is 2.62. The van der Waals surface area contributed by atoms with E-state index in [1.54, 1.807) is 0 Å². The Labute approximate surface area is 187 Å². The standard InChI is InChI=1S/C26H40O5/c1-16(5-8-24(29)30-4)19-6-7-20-18-14-23(28)22-13-17(31-15-27)9-11-26(22,3)21(18)10-12-25(19,20)2/h15-22H,5-14H2,1-4H3/t16-,17-,18-,19+,20-,21-,22-,25+,26+/m0/s1. The number of hydrogen-bond acceptors (Lipinski definition) is 5. The maximum atomic E-state index is 13.4. The molecule has 0 aromatic heterocycles. The smallest absolute Gasteiger partial charge is 0.305 e. The summed E-state index contributed by atoms with van der Waals surface area (Å²) in [5.74, 6) is 3.19. The Balaban J connectivity index is 1.51. The van der Waals surface area contributed by atoms with E-state index in [1.807, 2.05) is 0 Å². The number of methoxy groups -OCH3 is 1. The van der Waals surface area contributed by atoms with Crippen molar-refractivity contribution >= 4 is 18.2 Å². The second-order valence-corrected chi connectivity index (χ2v) is 11.6. The van der Waals surface area contributed by atoms with E-state index in [4.69, 9.17) is 9.47 Å². The van der Waals surface area contributed by atoms with Gasteiger partial charge >= 0.3 is 5.97 Å². The third-order valence-corrected chi connectivity index (χ3v) is 10.4. The van der Waals surface area contributed by atoms with Gasteiger partial charge in [0.05, 0.1) is 7.11 Å². The summed E-state index contributed by atoms with van der Waals surface area (Å²) in [5, 5.41) is 0. The van der Waals surface area contributed by atoms with Crippen LogP contribution in [0.4, 0.5) is 0 Å². The van der Waals surface area contributed by atoms with Gasteiger partial charge in [0, 0.05) is 18.8 Å². The highest BCUT2D eigenvalue weighted by atomic mass is 16.5. The molecule has 5 heteroatoms. The van der Waals surface area contributed by atoms with Gasteiger partial charge in [-0.05, 0) is 91.8 Å². The maximum absolute atomic E-state index is 13.4. The van der Waals surface area contributed by atoms with Crippen molar-refractivity contribution in [1.82, 2.24) is 0 Å². The number of fused-ring (bicyclic) bond motifs is 5. The Morgan fingerprint density at radius 1 is 1.13 bits per heavy atom. The predicted octanol–water partition coefficient (Wildman–Crippen LogP) is 4.96. The summed E-state index contributed by atoms with van der Waals surface area (Å²) in [5.41, 5.74) is 0.330. The molecule has 4 fully saturated rings. The monoisotopic (exact) mass is 432 g/mol. The van der Waals surface area contributed by atoms with Gasteiger partial charge in [-0.15, -0.1) is 0 Å². The number of rotatable bonds is 6. The number of carbonyl (C=O) groups is 3. The highest BCUT2D eigenvalue weighted by Crippen LogP contribution is 2.67. The van der Waals surface area contributed by atoms with Gasteiger partial charge in [-0.2, -0.15) is 0 Å². The fraction of sp³-hybridized carbons (Fsp3) is 0.885.